The predicted molar refractivity (Wildman–Crippen MR) is 46.2 cm³/mol. The molecular formula is C9H6N2Se. The Hall–Kier alpha value is -1.28. The summed E-state index contributed by atoms with van der Waals surface area (Å²) in [7, 11) is 0. The van der Waals surface area contributed by atoms with Crippen LogP contribution in [-0.2, 0) is 5.32 Å². The molecule has 0 atom stereocenters. The summed E-state index contributed by atoms with van der Waals surface area (Å²) >= 11 is -0.0348. The molecule has 12 heavy (non-hydrogen) atoms. The second kappa shape index (κ2) is 4.57. The van der Waals surface area contributed by atoms with Gasteiger partial charge in [-0.05, 0) is 0 Å². The van der Waals surface area contributed by atoms with Crippen molar-refractivity contribution in [2.24, 2.45) is 0 Å². The molecule has 1 rings (SSSR count). The van der Waals surface area contributed by atoms with E-state index in [9.17, 15) is 0 Å². The van der Waals surface area contributed by atoms with Crippen LogP contribution in [0, 0.1) is 21.6 Å². The predicted octanol–water partition coefficient (Wildman–Crippen LogP) is 1.24. The topological polar surface area (TPSA) is 47.6 Å². The van der Waals surface area contributed by atoms with Crippen molar-refractivity contribution in [3.05, 3.63) is 35.4 Å². The molecule has 0 unspecified atom stereocenters. The van der Waals surface area contributed by atoms with Crippen LogP contribution in [0.4, 0.5) is 0 Å². The van der Waals surface area contributed by atoms with Gasteiger partial charge in [0.1, 0.15) is 0 Å². The molecule has 0 saturated carbocycles. The minimum atomic E-state index is -0.0348. The first kappa shape index (κ1) is 8.81. The first-order valence-electron chi connectivity index (χ1n) is 3.37. The summed E-state index contributed by atoms with van der Waals surface area (Å²) < 4.78 is 0. The molecule has 0 fully saturated rings. The first-order chi connectivity index (χ1) is 5.88. The van der Waals surface area contributed by atoms with Gasteiger partial charge in [0.05, 0.1) is 0 Å². The summed E-state index contributed by atoms with van der Waals surface area (Å²) in [6, 6.07) is 9.51. The molecule has 0 aliphatic heterocycles. The number of benzene rings is 1. The van der Waals surface area contributed by atoms with Crippen molar-refractivity contribution in [2.45, 2.75) is 5.32 Å². The van der Waals surface area contributed by atoms with E-state index in [0.29, 0.717) is 5.56 Å². The molecule has 0 amide bonds. The van der Waals surface area contributed by atoms with Gasteiger partial charge in [0.25, 0.3) is 0 Å². The van der Waals surface area contributed by atoms with Crippen LogP contribution < -0.4 is 0 Å². The standard InChI is InChI=1S/C9H6N2Se/c10-5-8-3-1-2-4-9(8)6-12-7-11/h1-4H,6H2. The minimum absolute atomic E-state index is 0.0348. The fraction of sp³-hybridized carbons (Fsp3) is 0.111. The van der Waals surface area contributed by atoms with Crippen LogP contribution in [-0.4, -0.2) is 15.0 Å². The van der Waals surface area contributed by atoms with Gasteiger partial charge in [0, 0.05) is 0 Å². The van der Waals surface area contributed by atoms with E-state index in [-0.39, 0.29) is 15.0 Å². The molecule has 0 N–H and O–H groups in total. The molecule has 0 aromatic heterocycles. The van der Waals surface area contributed by atoms with E-state index in [1.165, 1.54) is 0 Å². The van der Waals surface area contributed by atoms with E-state index in [1.807, 2.05) is 18.2 Å². The van der Waals surface area contributed by atoms with Gasteiger partial charge < -0.3 is 0 Å². The molecule has 1 aromatic carbocycles. The Bertz CT molecular complexity index is 346. The summed E-state index contributed by atoms with van der Waals surface area (Å²) in [5.41, 5.74) is 1.68. The molecule has 2 nitrogen and oxygen atoms in total. The molecule has 0 aliphatic carbocycles. The Morgan fingerprint density at radius 2 is 2.00 bits per heavy atom. The van der Waals surface area contributed by atoms with E-state index in [4.69, 9.17) is 10.5 Å². The third-order valence-electron chi connectivity index (χ3n) is 1.43. The Labute approximate surface area is 77.6 Å². The van der Waals surface area contributed by atoms with Crippen LogP contribution in [0.3, 0.4) is 0 Å². The van der Waals surface area contributed by atoms with Gasteiger partial charge in [-0.1, -0.05) is 0 Å². The van der Waals surface area contributed by atoms with E-state index in [1.54, 1.807) is 6.07 Å². The Kier molecular flexibility index (Phi) is 3.35. The SMILES string of the molecule is N#C[Se]Cc1ccccc1C#N. The average Bonchev–Trinajstić information content (AvgIpc) is 2.15. The van der Waals surface area contributed by atoms with Crippen LogP contribution >= 0.6 is 0 Å². The van der Waals surface area contributed by atoms with Gasteiger partial charge >= 0.3 is 77.2 Å². The third kappa shape index (κ3) is 2.10. The molecule has 58 valence electrons. The molecular weight excluding hydrogens is 215 g/mol. The normalized spacial score (nSPS) is 8.50. The van der Waals surface area contributed by atoms with Crippen molar-refractivity contribution in [3.63, 3.8) is 0 Å². The quantitative estimate of drug-likeness (QED) is 0.705. The van der Waals surface area contributed by atoms with Crippen molar-refractivity contribution in [2.75, 3.05) is 0 Å². The number of hydrogen-bond acceptors (Lipinski definition) is 2. The number of hydrogen-bond donors (Lipinski definition) is 0. The van der Waals surface area contributed by atoms with Gasteiger partial charge in [0.15, 0.2) is 0 Å². The molecule has 0 bridgehead atoms. The Morgan fingerprint density at radius 3 is 2.67 bits per heavy atom. The van der Waals surface area contributed by atoms with E-state index in [0.717, 1.165) is 10.9 Å². The number of rotatable bonds is 2. The number of nitrogens with zero attached hydrogens (tertiary/aromatic N) is 2. The van der Waals surface area contributed by atoms with E-state index < -0.39 is 0 Å². The van der Waals surface area contributed by atoms with Gasteiger partial charge in [-0.3, -0.25) is 0 Å². The summed E-state index contributed by atoms with van der Waals surface area (Å²) in [4.78, 5) is 2.12. The van der Waals surface area contributed by atoms with Crippen LogP contribution in [0.25, 0.3) is 0 Å². The van der Waals surface area contributed by atoms with Crippen molar-refractivity contribution in [1.29, 1.82) is 10.5 Å². The molecule has 0 heterocycles. The van der Waals surface area contributed by atoms with Crippen LogP contribution in [0.2, 0.25) is 0 Å². The zero-order valence-electron chi connectivity index (χ0n) is 6.32. The molecule has 3 heteroatoms. The fourth-order valence-electron chi connectivity index (χ4n) is 0.865. The molecule has 0 spiro atoms. The second-order valence-electron chi connectivity index (χ2n) is 2.15. The average molecular weight is 221 g/mol. The van der Waals surface area contributed by atoms with Crippen molar-refractivity contribution < 1.29 is 0 Å². The van der Waals surface area contributed by atoms with Crippen LogP contribution in [0.5, 0.6) is 0 Å². The van der Waals surface area contributed by atoms with E-state index >= 15 is 0 Å². The maximum absolute atomic E-state index is 8.69. The van der Waals surface area contributed by atoms with E-state index in [2.05, 4.69) is 11.0 Å². The Balaban J connectivity index is 2.86. The fourth-order valence-corrected chi connectivity index (χ4v) is 1.86. The first-order valence-corrected chi connectivity index (χ1v) is 5.44. The van der Waals surface area contributed by atoms with Crippen molar-refractivity contribution >= 4 is 15.0 Å². The van der Waals surface area contributed by atoms with Gasteiger partial charge in [-0.2, -0.15) is 0 Å². The zero-order valence-corrected chi connectivity index (χ0v) is 8.03. The summed E-state index contributed by atoms with van der Waals surface area (Å²) in [5.74, 6) is 0. The second-order valence-corrected chi connectivity index (χ2v) is 3.74. The summed E-state index contributed by atoms with van der Waals surface area (Å²) in [6.07, 6.45) is 0. The third-order valence-corrected chi connectivity index (χ3v) is 2.66. The van der Waals surface area contributed by atoms with Crippen molar-refractivity contribution in [3.8, 4) is 11.0 Å². The van der Waals surface area contributed by atoms with Crippen LogP contribution in [0.1, 0.15) is 11.1 Å². The maximum atomic E-state index is 8.69. The van der Waals surface area contributed by atoms with Crippen molar-refractivity contribution in [1.82, 2.24) is 0 Å². The monoisotopic (exact) mass is 222 g/mol. The molecule has 0 radical (unpaired) electrons. The molecule has 0 aliphatic rings. The van der Waals surface area contributed by atoms with Gasteiger partial charge in [-0.25, -0.2) is 0 Å². The molecule has 0 saturated heterocycles. The summed E-state index contributed by atoms with van der Waals surface area (Å²) in [5, 5.41) is 17.8. The van der Waals surface area contributed by atoms with Gasteiger partial charge in [0.2, 0.25) is 0 Å². The van der Waals surface area contributed by atoms with Gasteiger partial charge in [-0.15, -0.1) is 0 Å². The number of nitriles is 2. The van der Waals surface area contributed by atoms with Crippen LogP contribution in [0.15, 0.2) is 24.3 Å². The molecule has 1 aromatic rings. The Morgan fingerprint density at radius 1 is 1.25 bits per heavy atom. The zero-order chi connectivity index (χ0) is 8.81. The summed E-state index contributed by atoms with van der Waals surface area (Å²) in [6.45, 7) is 0.